The maximum atomic E-state index is 12.8. The molecule has 0 spiro atoms. The van der Waals surface area contributed by atoms with Crippen molar-refractivity contribution in [3.63, 3.8) is 0 Å². The molecule has 1 rings (SSSR count). The highest BCUT2D eigenvalue weighted by Crippen LogP contribution is 2.23. The van der Waals surface area contributed by atoms with Crippen molar-refractivity contribution in [2.75, 3.05) is 13.7 Å². The summed E-state index contributed by atoms with van der Waals surface area (Å²) >= 11 is 3.29. The molecule has 0 aliphatic rings. The van der Waals surface area contributed by atoms with Gasteiger partial charge in [0.2, 0.25) is 0 Å². The molecule has 13 heavy (non-hydrogen) atoms. The summed E-state index contributed by atoms with van der Waals surface area (Å²) in [6, 6.07) is 4.18. The van der Waals surface area contributed by atoms with E-state index in [1.165, 1.54) is 12.1 Å². The average Bonchev–Trinajstić information content (AvgIpc) is 2.13. The maximum Gasteiger partial charge on any atom is 0.123 e. The van der Waals surface area contributed by atoms with E-state index < -0.39 is 0 Å². The first-order chi connectivity index (χ1) is 6.19. The molecule has 0 amide bonds. The van der Waals surface area contributed by atoms with Crippen LogP contribution in [0.3, 0.4) is 0 Å². The molecule has 0 bridgehead atoms. The summed E-state index contributed by atoms with van der Waals surface area (Å²) in [5.41, 5.74) is 0.727. The van der Waals surface area contributed by atoms with Crippen LogP contribution in [0, 0.1) is 5.82 Å². The van der Waals surface area contributed by atoms with E-state index in [2.05, 4.69) is 21.2 Å². The first-order valence-corrected chi connectivity index (χ1v) is 4.71. The molecular formula is C9H11BrFNO. The summed E-state index contributed by atoms with van der Waals surface area (Å²) in [5, 5.41) is 11.9. The van der Waals surface area contributed by atoms with Gasteiger partial charge in [0.1, 0.15) is 5.82 Å². The molecule has 0 unspecified atom stereocenters. The van der Waals surface area contributed by atoms with E-state index in [-0.39, 0.29) is 18.5 Å². The van der Waals surface area contributed by atoms with Crippen molar-refractivity contribution < 1.29 is 9.50 Å². The number of halogens is 2. The molecule has 1 atom stereocenters. The fraction of sp³-hybridized carbons (Fsp3) is 0.333. The van der Waals surface area contributed by atoms with Crippen LogP contribution >= 0.6 is 15.9 Å². The standard InChI is InChI=1S/C9H11BrFNO/c1-12-9(5-13)7-4-6(11)2-3-8(7)10/h2-4,9,12-13H,5H2,1H3/t9-/m1/s1. The third kappa shape index (κ3) is 2.49. The van der Waals surface area contributed by atoms with Gasteiger partial charge in [-0.3, -0.25) is 0 Å². The van der Waals surface area contributed by atoms with Gasteiger partial charge < -0.3 is 10.4 Å². The van der Waals surface area contributed by atoms with Crippen molar-refractivity contribution >= 4 is 15.9 Å². The number of benzene rings is 1. The Kier molecular flexibility index (Phi) is 3.84. The number of hydrogen-bond acceptors (Lipinski definition) is 2. The Morgan fingerprint density at radius 2 is 2.31 bits per heavy atom. The molecule has 0 aliphatic heterocycles. The lowest BCUT2D eigenvalue weighted by molar-refractivity contribution is 0.250. The molecule has 2 nitrogen and oxygen atoms in total. The largest absolute Gasteiger partial charge is 0.394 e. The number of hydrogen-bond donors (Lipinski definition) is 2. The van der Waals surface area contributed by atoms with Gasteiger partial charge in [0.15, 0.2) is 0 Å². The van der Waals surface area contributed by atoms with Crippen molar-refractivity contribution in [1.29, 1.82) is 0 Å². The first kappa shape index (κ1) is 10.6. The molecule has 1 aromatic carbocycles. The van der Waals surface area contributed by atoms with Crippen molar-refractivity contribution in [2.45, 2.75) is 6.04 Å². The molecular weight excluding hydrogens is 237 g/mol. The van der Waals surface area contributed by atoms with Crippen molar-refractivity contribution in [2.24, 2.45) is 0 Å². The second-order valence-corrected chi connectivity index (χ2v) is 3.54. The molecule has 2 N–H and O–H groups in total. The molecule has 0 saturated heterocycles. The lowest BCUT2D eigenvalue weighted by atomic mass is 10.1. The van der Waals surface area contributed by atoms with Crippen LogP contribution in [0.1, 0.15) is 11.6 Å². The first-order valence-electron chi connectivity index (χ1n) is 3.92. The summed E-state index contributed by atoms with van der Waals surface area (Å²) in [7, 11) is 1.72. The Labute approximate surface area is 84.9 Å². The van der Waals surface area contributed by atoms with Gasteiger partial charge >= 0.3 is 0 Å². The van der Waals surface area contributed by atoms with E-state index >= 15 is 0 Å². The van der Waals surface area contributed by atoms with Gasteiger partial charge in [-0.05, 0) is 30.8 Å². The Balaban J connectivity index is 3.03. The quantitative estimate of drug-likeness (QED) is 0.855. The van der Waals surface area contributed by atoms with E-state index in [1.54, 1.807) is 13.1 Å². The zero-order chi connectivity index (χ0) is 9.84. The van der Waals surface area contributed by atoms with E-state index in [0.29, 0.717) is 0 Å². The molecule has 4 heteroatoms. The SMILES string of the molecule is CN[C@H](CO)c1cc(F)ccc1Br. The topological polar surface area (TPSA) is 32.3 Å². The number of aliphatic hydroxyl groups is 1. The van der Waals surface area contributed by atoms with Crippen LogP contribution in [0.4, 0.5) is 4.39 Å². The molecule has 0 aliphatic carbocycles. The minimum absolute atomic E-state index is 0.0570. The Bertz CT molecular complexity index is 289. The third-order valence-electron chi connectivity index (χ3n) is 1.86. The van der Waals surface area contributed by atoms with Gasteiger partial charge in [-0.2, -0.15) is 0 Å². The number of aliphatic hydroxyl groups excluding tert-OH is 1. The van der Waals surface area contributed by atoms with Gasteiger partial charge in [0.05, 0.1) is 12.6 Å². The number of rotatable bonds is 3. The van der Waals surface area contributed by atoms with E-state index in [4.69, 9.17) is 5.11 Å². The predicted molar refractivity (Wildman–Crippen MR) is 53.0 cm³/mol. The summed E-state index contributed by atoms with van der Waals surface area (Å²) < 4.78 is 13.6. The van der Waals surface area contributed by atoms with Crippen LogP contribution in [0.2, 0.25) is 0 Å². The molecule has 0 saturated carbocycles. The normalized spacial score (nSPS) is 12.9. The fourth-order valence-corrected chi connectivity index (χ4v) is 1.65. The zero-order valence-electron chi connectivity index (χ0n) is 7.22. The Morgan fingerprint density at radius 3 is 2.85 bits per heavy atom. The predicted octanol–water partition coefficient (Wildman–Crippen LogP) is 1.84. The Hall–Kier alpha value is -0.450. The minimum atomic E-state index is -0.299. The highest BCUT2D eigenvalue weighted by atomic mass is 79.9. The fourth-order valence-electron chi connectivity index (χ4n) is 1.13. The molecule has 0 fully saturated rings. The van der Waals surface area contributed by atoms with Gasteiger partial charge in [-0.1, -0.05) is 15.9 Å². The molecule has 0 heterocycles. The zero-order valence-corrected chi connectivity index (χ0v) is 8.81. The van der Waals surface area contributed by atoms with Gasteiger partial charge in [-0.25, -0.2) is 4.39 Å². The summed E-state index contributed by atoms with van der Waals surface area (Å²) in [5.74, 6) is -0.299. The van der Waals surface area contributed by atoms with Crippen LogP contribution in [0.25, 0.3) is 0 Å². The van der Waals surface area contributed by atoms with Crippen LogP contribution in [-0.2, 0) is 0 Å². The van der Waals surface area contributed by atoms with E-state index in [9.17, 15) is 4.39 Å². The van der Waals surface area contributed by atoms with Crippen molar-refractivity contribution in [3.05, 3.63) is 34.1 Å². The van der Waals surface area contributed by atoms with Crippen LogP contribution in [0.15, 0.2) is 22.7 Å². The highest BCUT2D eigenvalue weighted by molar-refractivity contribution is 9.10. The lowest BCUT2D eigenvalue weighted by Crippen LogP contribution is -2.20. The average molecular weight is 248 g/mol. The molecule has 1 aromatic rings. The molecule has 0 radical (unpaired) electrons. The smallest absolute Gasteiger partial charge is 0.123 e. The lowest BCUT2D eigenvalue weighted by Gasteiger charge is -2.15. The van der Waals surface area contributed by atoms with Gasteiger partial charge in [-0.15, -0.1) is 0 Å². The minimum Gasteiger partial charge on any atom is -0.394 e. The monoisotopic (exact) mass is 247 g/mol. The van der Waals surface area contributed by atoms with Crippen LogP contribution < -0.4 is 5.32 Å². The number of likely N-dealkylation sites (N-methyl/N-ethyl adjacent to an activating group) is 1. The number of nitrogens with one attached hydrogen (secondary N) is 1. The summed E-state index contributed by atoms with van der Waals surface area (Å²) in [6.07, 6.45) is 0. The summed E-state index contributed by atoms with van der Waals surface area (Å²) in [6.45, 7) is -0.0570. The van der Waals surface area contributed by atoms with Gasteiger partial charge in [0.25, 0.3) is 0 Å². The highest BCUT2D eigenvalue weighted by Gasteiger charge is 2.11. The second-order valence-electron chi connectivity index (χ2n) is 2.69. The van der Waals surface area contributed by atoms with Gasteiger partial charge in [0, 0.05) is 4.47 Å². The molecule has 0 aromatic heterocycles. The van der Waals surface area contributed by atoms with Crippen LogP contribution in [-0.4, -0.2) is 18.8 Å². The Morgan fingerprint density at radius 1 is 1.62 bits per heavy atom. The van der Waals surface area contributed by atoms with E-state index in [1.807, 2.05) is 0 Å². The molecule has 72 valence electrons. The van der Waals surface area contributed by atoms with E-state index in [0.717, 1.165) is 10.0 Å². The third-order valence-corrected chi connectivity index (χ3v) is 2.59. The summed E-state index contributed by atoms with van der Waals surface area (Å²) in [4.78, 5) is 0. The second kappa shape index (κ2) is 4.69. The van der Waals surface area contributed by atoms with Crippen molar-refractivity contribution in [3.8, 4) is 0 Å². The maximum absolute atomic E-state index is 12.8. The van der Waals surface area contributed by atoms with Crippen molar-refractivity contribution in [1.82, 2.24) is 5.32 Å². The van der Waals surface area contributed by atoms with Crippen LogP contribution in [0.5, 0.6) is 0 Å².